The summed E-state index contributed by atoms with van der Waals surface area (Å²) in [6.45, 7) is 3.87. The molecule has 4 N–H and O–H groups in total. The number of hydrogen-bond donors (Lipinski definition) is 6. The van der Waals surface area contributed by atoms with Crippen LogP contribution in [-0.4, -0.2) is 55.1 Å². The van der Waals surface area contributed by atoms with Crippen LogP contribution in [0.5, 0.6) is 0 Å². The summed E-state index contributed by atoms with van der Waals surface area (Å²) in [5.41, 5.74) is 1.19. The number of aliphatic carboxylic acids is 1. The minimum absolute atomic E-state index is 0.0678. The maximum absolute atomic E-state index is 12.6. The van der Waals surface area contributed by atoms with Gasteiger partial charge in [-0.05, 0) is 6.26 Å². The molecule has 0 aliphatic rings. The van der Waals surface area contributed by atoms with E-state index in [1.54, 1.807) is 12.5 Å². The van der Waals surface area contributed by atoms with E-state index < -0.39 is 34.1 Å². The average Bonchev–Trinajstić information content (AvgIpc) is 3.24. The van der Waals surface area contributed by atoms with Crippen LogP contribution < -0.4 is 14.9 Å². The van der Waals surface area contributed by atoms with E-state index >= 15 is 0 Å². The molecule has 3 unspecified atom stereocenters. The maximum Gasteiger partial charge on any atom is 0.350 e. The highest BCUT2D eigenvalue weighted by molar-refractivity contribution is 8.77. The predicted octanol–water partition coefficient (Wildman–Crippen LogP) is 0.667. The number of rotatable bonds is 11. The van der Waals surface area contributed by atoms with E-state index in [-0.39, 0.29) is 12.5 Å². The van der Waals surface area contributed by atoms with Gasteiger partial charge in [-0.3, -0.25) is 9.52 Å². The molecule has 0 spiro atoms. The van der Waals surface area contributed by atoms with Gasteiger partial charge in [-0.1, -0.05) is 13.8 Å². The molecule has 0 amide bonds. The van der Waals surface area contributed by atoms with Gasteiger partial charge >= 0.3 is 11.9 Å². The lowest BCUT2D eigenvalue weighted by Gasteiger charge is -2.19. The van der Waals surface area contributed by atoms with Crippen LogP contribution in [0.15, 0.2) is 25.0 Å². The average molecular weight is 431 g/mol. The van der Waals surface area contributed by atoms with Gasteiger partial charge < -0.3 is 20.2 Å². The molecule has 0 aromatic carbocycles. The Balaban J connectivity index is 2.07. The molecule has 0 saturated carbocycles. The summed E-state index contributed by atoms with van der Waals surface area (Å²) < 4.78 is 4.27. The minimum Gasteiger partial charge on any atom is -0.481 e. The van der Waals surface area contributed by atoms with E-state index in [2.05, 4.69) is 36.7 Å². The molecule has 0 radical (unpaired) electrons. The fraction of sp³-hybridized carbons (Fsp3) is 0.500. The van der Waals surface area contributed by atoms with Gasteiger partial charge in [0.2, 0.25) is 0 Å². The SMILES string of the molecule is CC(C)NC(Cc1c[nH]cn1)C(=O)On1cnc(C(CC(=O)O)N[SH](C)S)c1. The monoisotopic (exact) mass is 430 g/mol. The molecule has 0 bridgehead atoms. The summed E-state index contributed by atoms with van der Waals surface area (Å²) in [4.78, 5) is 40.3. The van der Waals surface area contributed by atoms with Crippen LogP contribution in [0.1, 0.15) is 37.7 Å². The van der Waals surface area contributed by atoms with Crippen molar-refractivity contribution in [2.24, 2.45) is 0 Å². The second kappa shape index (κ2) is 10.5. The van der Waals surface area contributed by atoms with E-state index in [4.69, 9.17) is 9.94 Å². The highest BCUT2D eigenvalue weighted by atomic mass is 33.1. The molecule has 2 rings (SSSR count). The topological polar surface area (TPSA) is 134 Å². The van der Waals surface area contributed by atoms with E-state index in [1.807, 2.05) is 20.1 Å². The normalized spacial score (nSPS) is 15.2. The third-order valence-corrected chi connectivity index (χ3v) is 4.67. The molecule has 2 aromatic rings. The number of nitrogens with zero attached hydrogens (tertiary/aromatic N) is 3. The number of carbonyl (C=O) groups excluding carboxylic acids is 1. The molecule has 0 saturated heterocycles. The van der Waals surface area contributed by atoms with Crippen molar-refractivity contribution in [3.8, 4) is 0 Å². The van der Waals surface area contributed by atoms with Crippen LogP contribution in [0.2, 0.25) is 0 Å². The first-order valence-corrected chi connectivity index (χ1v) is 11.6. The number of nitrogens with one attached hydrogen (secondary N) is 3. The Morgan fingerprint density at radius 3 is 2.75 bits per heavy atom. The zero-order valence-electron chi connectivity index (χ0n) is 15.9. The minimum atomic E-state index is -0.963. The van der Waals surface area contributed by atoms with E-state index in [0.717, 1.165) is 5.69 Å². The summed E-state index contributed by atoms with van der Waals surface area (Å²) in [6.07, 6.45) is 8.16. The lowest BCUT2D eigenvalue weighted by atomic mass is 10.1. The van der Waals surface area contributed by atoms with Crippen molar-refractivity contribution < 1.29 is 19.5 Å². The first kappa shape index (κ1) is 22.3. The van der Waals surface area contributed by atoms with Crippen molar-refractivity contribution in [2.45, 2.75) is 44.8 Å². The number of hydrogen-bond acceptors (Lipinski definition) is 8. The summed E-state index contributed by atoms with van der Waals surface area (Å²) in [7, 11) is -0.841. The van der Waals surface area contributed by atoms with E-state index in [1.165, 1.54) is 17.3 Å². The molecular formula is C16H26N6O4S2. The molecule has 12 heteroatoms. The van der Waals surface area contributed by atoms with Crippen LogP contribution in [0.25, 0.3) is 0 Å². The highest BCUT2D eigenvalue weighted by Gasteiger charge is 2.24. The summed E-state index contributed by atoms with van der Waals surface area (Å²) in [5, 5.41) is 12.3. The number of carboxylic acid groups (broad SMARTS) is 1. The van der Waals surface area contributed by atoms with Gasteiger partial charge in [-0.15, -0.1) is 11.7 Å². The highest BCUT2D eigenvalue weighted by Crippen LogP contribution is 2.27. The zero-order chi connectivity index (χ0) is 20.7. The van der Waals surface area contributed by atoms with Crippen LogP contribution in [0, 0.1) is 0 Å². The lowest BCUT2D eigenvalue weighted by molar-refractivity contribution is -0.147. The Kier molecular flexibility index (Phi) is 8.35. The smallest absolute Gasteiger partial charge is 0.350 e. The third-order valence-electron chi connectivity index (χ3n) is 3.64. The second-order valence-electron chi connectivity index (χ2n) is 6.51. The maximum atomic E-state index is 12.6. The van der Waals surface area contributed by atoms with Gasteiger partial charge in [0.1, 0.15) is 12.4 Å². The summed E-state index contributed by atoms with van der Waals surface area (Å²) in [6, 6.07) is -1.05. The van der Waals surface area contributed by atoms with Gasteiger partial charge in [0, 0.05) is 18.7 Å². The molecule has 0 aliphatic carbocycles. The molecular weight excluding hydrogens is 404 g/mol. The number of aromatic nitrogens is 4. The van der Waals surface area contributed by atoms with Crippen LogP contribution in [0.4, 0.5) is 0 Å². The van der Waals surface area contributed by atoms with Crippen LogP contribution in [-0.2, 0) is 16.0 Å². The number of carboxylic acids is 1. The molecule has 10 nitrogen and oxygen atoms in total. The van der Waals surface area contributed by atoms with Crippen molar-refractivity contribution in [1.82, 2.24) is 29.7 Å². The Hall–Kier alpha value is -2.02. The van der Waals surface area contributed by atoms with Crippen molar-refractivity contribution in [2.75, 3.05) is 6.26 Å². The molecule has 0 aliphatic heterocycles. The summed E-state index contributed by atoms with van der Waals surface area (Å²) >= 11 is 4.30. The fourth-order valence-electron chi connectivity index (χ4n) is 2.56. The number of aromatic amines is 1. The Morgan fingerprint density at radius 2 is 2.18 bits per heavy atom. The van der Waals surface area contributed by atoms with E-state index in [0.29, 0.717) is 12.1 Å². The molecule has 2 aromatic heterocycles. The number of thiol groups is 2. The second-order valence-corrected chi connectivity index (χ2v) is 9.62. The van der Waals surface area contributed by atoms with Crippen molar-refractivity contribution in [1.29, 1.82) is 0 Å². The molecule has 0 fully saturated rings. The van der Waals surface area contributed by atoms with Crippen LogP contribution >= 0.6 is 21.8 Å². The van der Waals surface area contributed by atoms with Crippen molar-refractivity contribution in [3.05, 3.63) is 36.4 Å². The lowest BCUT2D eigenvalue weighted by Crippen LogP contribution is -2.46. The van der Waals surface area contributed by atoms with Gasteiger partial charge in [0.15, 0.2) is 0 Å². The van der Waals surface area contributed by atoms with Gasteiger partial charge in [-0.2, -0.15) is 14.8 Å². The Morgan fingerprint density at radius 1 is 1.43 bits per heavy atom. The first-order valence-electron chi connectivity index (χ1n) is 8.65. The zero-order valence-corrected chi connectivity index (χ0v) is 17.7. The van der Waals surface area contributed by atoms with Gasteiger partial charge in [-0.25, -0.2) is 14.8 Å². The van der Waals surface area contributed by atoms with Crippen molar-refractivity contribution >= 4 is 33.7 Å². The molecule has 156 valence electrons. The first-order chi connectivity index (χ1) is 13.2. The number of H-pyrrole nitrogens is 1. The fourth-order valence-corrected chi connectivity index (χ4v) is 3.65. The quantitative estimate of drug-likeness (QED) is 0.226. The Bertz CT molecular complexity index is 765. The predicted molar refractivity (Wildman–Crippen MR) is 110 cm³/mol. The molecule has 2 heterocycles. The number of carbonyl (C=O) groups is 2. The largest absolute Gasteiger partial charge is 0.481 e. The Labute approximate surface area is 170 Å². The van der Waals surface area contributed by atoms with Gasteiger partial charge in [0.25, 0.3) is 0 Å². The van der Waals surface area contributed by atoms with E-state index in [9.17, 15) is 9.59 Å². The number of imidazole rings is 2. The third kappa shape index (κ3) is 7.19. The van der Waals surface area contributed by atoms with Gasteiger partial charge in [0.05, 0.1) is 36.4 Å². The standard InChI is InChI=1S/C16H26N6O4S2/c1-10(2)20-13(4-11-6-17-8-18-11)16(25)26-22-7-14(19-9-22)12(5-15(23)24)21-28(3)27/h6-10,12-13,20-21,27-28H,4-5H2,1-3H3,(H,17,18)(H,23,24). The van der Waals surface area contributed by atoms with Crippen molar-refractivity contribution in [3.63, 3.8) is 0 Å². The molecule has 3 atom stereocenters. The summed E-state index contributed by atoms with van der Waals surface area (Å²) in [5.74, 6) is -1.45. The molecule has 28 heavy (non-hydrogen) atoms. The van der Waals surface area contributed by atoms with Crippen LogP contribution in [0.3, 0.4) is 0 Å².